The van der Waals surface area contributed by atoms with Crippen LogP contribution in [0.5, 0.6) is 0 Å². The predicted octanol–water partition coefficient (Wildman–Crippen LogP) is 2.71. The van der Waals surface area contributed by atoms with Crippen molar-refractivity contribution in [2.45, 2.75) is 68.4 Å². The molecule has 4 fully saturated rings. The van der Waals surface area contributed by atoms with Crippen molar-refractivity contribution in [3.8, 4) is 0 Å². The zero-order chi connectivity index (χ0) is 14.9. The van der Waals surface area contributed by atoms with Crippen LogP contribution in [0.3, 0.4) is 0 Å². The molecule has 0 unspecified atom stereocenters. The van der Waals surface area contributed by atoms with Gasteiger partial charge < -0.3 is 0 Å². The number of aryl methyl sites for hydroxylation is 2. The number of fused-ring (bicyclic) bond motifs is 1. The fraction of sp³-hybridized carbons (Fsp3) is 0.824. The maximum atomic E-state index is 13.2. The van der Waals surface area contributed by atoms with Gasteiger partial charge >= 0.3 is 0 Å². The Labute approximate surface area is 132 Å². The lowest BCUT2D eigenvalue weighted by atomic mass is 9.56. The first-order chi connectivity index (χ1) is 10.5. The van der Waals surface area contributed by atoms with Crippen LogP contribution >= 0.6 is 0 Å². The molecule has 22 heavy (non-hydrogen) atoms. The summed E-state index contributed by atoms with van der Waals surface area (Å²) < 4.78 is 28.1. The summed E-state index contributed by atoms with van der Waals surface area (Å²) in [7, 11) is -3.10. The van der Waals surface area contributed by atoms with Crippen molar-refractivity contribution in [1.29, 1.82) is 0 Å². The first-order valence-corrected chi connectivity index (χ1v) is 10.5. The molecular formula is C17H24N2O2S. The zero-order valence-corrected chi connectivity index (χ0v) is 13.8. The molecule has 4 bridgehead atoms. The van der Waals surface area contributed by atoms with Crippen LogP contribution in [0.25, 0.3) is 0 Å². The minimum Gasteiger partial charge on any atom is -0.269 e. The summed E-state index contributed by atoms with van der Waals surface area (Å²) in [5, 5.41) is 4.54. The van der Waals surface area contributed by atoms with Gasteiger partial charge in [-0.25, -0.2) is 8.42 Å². The topological polar surface area (TPSA) is 52.0 Å². The lowest BCUT2D eigenvalue weighted by molar-refractivity contribution is 0.0338. The van der Waals surface area contributed by atoms with E-state index in [1.807, 2.05) is 10.7 Å². The third-order valence-electron chi connectivity index (χ3n) is 6.70. The molecule has 4 saturated carbocycles. The third-order valence-corrected chi connectivity index (χ3v) is 9.19. The van der Waals surface area contributed by atoms with Gasteiger partial charge in [-0.2, -0.15) is 5.10 Å². The minimum atomic E-state index is -3.10. The van der Waals surface area contributed by atoms with E-state index in [9.17, 15) is 8.42 Å². The molecule has 0 N–H and O–H groups in total. The molecule has 0 radical (unpaired) electrons. The fourth-order valence-corrected chi connectivity index (χ4v) is 8.46. The van der Waals surface area contributed by atoms with Crippen molar-refractivity contribution in [2.75, 3.05) is 0 Å². The molecule has 1 aliphatic heterocycles. The maximum Gasteiger partial charge on any atom is 0.161 e. The molecule has 0 atom stereocenters. The van der Waals surface area contributed by atoms with Crippen molar-refractivity contribution < 1.29 is 8.42 Å². The Bertz CT molecular complexity index is 662. The van der Waals surface area contributed by atoms with Crippen LogP contribution in [0.15, 0.2) is 6.07 Å². The van der Waals surface area contributed by atoms with Crippen LogP contribution in [-0.4, -0.2) is 22.9 Å². The predicted molar refractivity (Wildman–Crippen MR) is 84.1 cm³/mol. The van der Waals surface area contributed by atoms with Crippen LogP contribution in [0.4, 0.5) is 0 Å². The largest absolute Gasteiger partial charge is 0.269 e. The Hall–Kier alpha value is -0.840. The molecule has 4 nitrogen and oxygen atoms in total. The van der Waals surface area contributed by atoms with Gasteiger partial charge in [0.05, 0.1) is 16.2 Å². The van der Waals surface area contributed by atoms with E-state index >= 15 is 0 Å². The Kier molecular flexibility index (Phi) is 2.70. The van der Waals surface area contributed by atoms with Crippen molar-refractivity contribution in [2.24, 2.45) is 17.8 Å². The highest BCUT2D eigenvalue weighted by Gasteiger charge is 2.57. The summed E-state index contributed by atoms with van der Waals surface area (Å²) in [6, 6.07) is 2.03. The Morgan fingerprint density at radius 2 is 1.77 bits per heavy atom. The number of rotatable bonds is 3. The molecule has 6 rings (SSSR count). The van der Waals surface area contributed by atoms with Gasteiger partial charge in [-0.3, -0.25) is 4.68 Å². The van der Waals surface area contributed by atoms with E-state index in [1.165, 1.54) is 25.0 Å². The molecule has 120 valence electrons. The van der Waals surface area contributed by atoms with E-state index in [4.69, 9.17) is 0 Å². The van der Waals surface area contributed by atoms with E-state index in [0.717, 1.165) is 44.3 Å². The van der Waals surface area contributed by atoms with Crippen molar-refractivity contribution in [3.63, 3.8) is 0 Å². The summed E-state index contributed by atoms with van der Waals surface area (Å²) >= 11 is 0. The average molecular weight is 320 g/mol. The molecule has 5 heteroatoms. The van der Waals surface area contributed by atoms with Gasteiger partial charge in [0, 0.05) is 12.2 Å². The second kappa shape index (κ2) is 4.37. The van der Waals surface area contributed by atoms with Crippen LogP contribution < -0.4 is 0 Å². The molecule has 0 amide bonds. The molecule has 5 aliphatic rings. The van der Waals surface area contributed by atoms with Crippen molar-refractivity contribution >= 4 is 9.84 Å². The molecule has 0 spiro atoms. The SMILES string of the molecule is O=S(=O)(Cc1cc2n(n1)CCC2)C12CC3CC(CC(C3)C1)C2. The Balaban J connectivity index is 1.45. The molecule has 4 aliphatic carbocycles. The summed E-state index contributed by atoms with van der Waals surface area (Å²) in [5.41, 5.74) is 2.00. The molecule has 2 heterocycles. The molecule has 1 aromatic rings. The van der Waals surface area contributed by atoms with Gasteiger partial charge in [0.1, 0.15) is 0 Å². The Morgan fingerprint density at radius 3 is 2.36 bits per heavy atom. The standard InChI is InChI=1S/C17H24N2O2S/c20-22(21,11-15-7-16-2-1-3-19(16)18-15)17-8-12-4-13(9-17)6-14(5-12)10-17/h7,12-14H,1-6,8-11H2. The second-order valence-electron chi connectivity index (χ2n) is 8.31. The molecule has 1 aromatic heterocycles. The lowest BCUT2D eigenvalue weighted by Crippen LogP contribution is -2.55. The molecule has 0 saturated heterocycles. The Morgan fingerprint density at radius 1 is 1.14 bits per heavy atom. The summed E-state index contributed by atoms with van der Waals surface area (Å²) in [5.74, 6) is 2.19. The van der Waals surface area contributed by atoms with Gasteiger partial charge in [-0.1, -0.05) is 0 Å². The average Bonchev–Trinajstić information content (AvgIpc) is 2.97. The van der Waals surface area contributed by atoms with E-state index < -0.39 is 14.6 Å². The summed E-state index contributed by atoms with van der Waals surface area (Å²) in [6.07, 6.45) is 8.82. The number of hydrogen-bond acceptors (Lipinski definition) is 3. The van der Waals surface area contributed by atoms with E-state index in [0.29, 0.717) is 17.8 Å². The number of sulfone groups is 1. The van der Waals surface area contributed by atoms with Crippen molar-refractivity contribution in [3.05, 3.63) is 17.5 Å². The normalized spacial score (nSPS) is 39.4. The van der Waals surface area contributed by atoms with Crippen LogP contribution in [-0.2, 0) is 28.6 Å². The van der Waals surface area contributed by atoms with Gasteiger partial charge in [-0.15, -0.1) is 0 Å². The van der Waals surface area contributed by atoms with Gasteiger partial charge in [0.25, 0.3) is 0 Å². The quantitative estimate of drug-likeness (QED) is 0.860. The highest BCUT2D eigenvalue weighted by atomic mass is 32.2. The summed E-state index contributed by atoms with van der Waals surface area (Å²) in [4.78, 5) is 0. The van der Waals surface area contributed by atoms with E-state index in [1.54, 1.807) is 0 Å². The number of aromatic nitrogens is 2. The number of hydrogen-bond donors (Lipinski definition) is 0. The second-order valence-corrected chi connectivity index (χ2v) is 10.7. The highest BCUT2D eigenvalue weighted by molar-refractivity contribution is 7.92. The van der Waals surface area contributed by atoms with Crippen LogP contribution in [0.2, 0.25) is 0 Å². The molecular weight excluding hydrogens is 296 g/mol. The maximum absolute atomic E-state index is 13.2. The number of nitrogens with zero attached hydrogens (tertiary/aromatic N) is 2. The van der Waals surface area contributed by atoms with E-state index in [2.05, 4.69) is 5.10 Å². The van der Waals surface area contributed by atoms with Crippen LogP contribution in [0.1, 0.15) is 56.3 Å². The zero-order valence-electron chi connectivity index (χ0n) is 13.0. The summed E-state index contributed by atoms with van der Waals surface area (Å²) in [6.45, 7) is 0.951. The molecule has 0 aromatic carbocycles. The van der Waals surface area contributed by atoms with Crippen LogP contribution in [0, 0.1) is 17.8 Å². The smallest absolute Gasteiger partial charge is 0.161 e. The first-order valence-electron chi connectivity index (χ1n) is 8.81. The third kappa shape index (κ3) is 1.87. The monoisotopic (exact) mass is 320 g/mol. The highest BCUT2D eigenvalue weighted by Crippen LogP contribution is 2.59. The van der Waals surface area contributed by atoms with E-state index in [-0.39, 0.29) is 5.75 Å². The van der Waals surface area contributed by atoms with Crippen molar-refractivity contribution in [1.82, 2.24) is 9.78 Å². The van der Waals surface area contributed by atoms with Gasteiger partial charge in [0.15, 0.2) is 9.84 Å². The van der Waals surface area contributed by atoms with Gasteiger partial charge in [0.2, 0.25) is 0 Å². The fourth-order valence-electron chi connectivity index (χ4n) is 6.15. The lowest BCUT2D eigenvalue weighted by Gasteiger charge is -2.55. The first kappa shape index (κ1) is 13.6. The van der Waals surface area contributed by atoms with Gasteiger partial charge in [-0.05, 0) is 75.2 Å². The minimum absolute atomic E-state index is 0.166.